The van der Waals surface area contributed by atoms with Crippen LogP contribution in [0.1, 0.15) is 0 Å². The number of rotatable bonds is 4. The number of aromatic nitrogens is 1. The summed E-state index contributed by atoms with van der Waals surface area (Å²) in [6, 6.07) is 25.9. The Bertz CT molecular complexity index is 1040. The Morgan fingerprint density at radius 1 is 0.759 bits per heavy atom. The van der Waals surface area contributed by atoms with Gasteiger partial charge in [0.2, 0.25) is 11.0 Å². The molecule has 0 saturated heterocycles. The van der Waals surface area contributed by atoms with Crippen LogP contribution in [0.5, 0.6) is 11.5 Å². The van der Waals surface area contributed by atoms with Crippen molar-refractivity contribution in [1.29, 1.82) is 0 Å². The van der Waals surface area contributed by atoms with Gasteiger partial charge in [-0.05, 0) is 42.5 Å². The third-order valence-electron chi connectivity index (χ3n) is 4.19. The Hall–Kier alpha value is -3.29. The lowest BCUT2D eigenvalue weighted by Crippen LogP contribution is -2.38. The Kier molecular flexibility index (Phi) is 6.21. The van der Waals surface area contributed by atoms with E-state index in [1.807, 2.05) is 0 Å². The van der Waals surface area contributed by atoms with Crippen molar-refractivity contribution in [3.05, 3.63) is 78.9 Å². The van der Waals surface area contributed by atoms with E-state index in [0.717, 1.165) is 12.3 Å². The number of pyridine rings is 1. The molecule has 0 fully saturated rings. The zero-order chi connectivity index (χ0) is 20.9. The second-order valence-electron chi connectivity index (χ2n) is 6.25. The average molecular weight is 403 g/mol. The number of benzene rings is 3. The van der Waals surface area contributed by atoms with E-state index in [-0.39, 0.29) is 5.75 Å². The molecule has 0 amide bonds. The van der Waals surface area contributed by atoms with Crippen molar-refractivity contribution in [2.24, 2.45) is 0 Å². The first-order chi connectivity index (χ1) is 13.8. The Balaban J connectivity index is 0.000000431. The molecule has 1 N–H and O–H groups in total. The molecule has 0 saturated carbocycles. The Labute approximate surface area is 164 Å². The van der Waals surface area contributed by atoms with Crippen molar-refractivity contribution in [3.63, 3.8) is 0 Å². The highest BCUT2D eigenvalue weighted by atomic mass is 19.5. The monoisotopic (exact) mass is 403 g/mol. The Morgan fingerprint density at radius 2 is 1.24 bits per heavy atom. The second kappa shape index (κ2) is 8.81. The third kappa shape index (κ3) is 5.84. The number of nitrogens with zero attached hydrogens (tertiary/aromatic N) is 1. The van der Waals surface area contributed by atoms with Gasteiger partial charge < -0.3 is 27.1 Å². The van der Waals surface area contributed by atoms with E-state index in [1.165, 1.54) is 21.8 Å². The molecule has 0 spiro atoms. The van der Waals surface area contributed by atoms with Crippen molar-refractivity contribution >= 4 is 29.1 Å². The number of phenolic OH excluding ortho intramolecular Hbond substituents is 1. The maximum atomic E-state index is 9.75. The molecule has 3 aromatic carbocycles. The van der Waals surface area contributed by atoms with Crippen LogP contribution in [0.25, 0.3) is 21.8 Å². The van der Waals surface area contributed by atoms with Crippen LogP contribution in [0.3, 0.4) is 0 Å². The number of hydrogen-bond acceptors (Lipinski definition) is 2. The van der Waals surface area contributed by atoms with Crippen LogP contribution < -0.4 is 9.30 Å². The number of hydrogen-bond donors (Lipinski definition) is 1. The molecule has 8 heteroatoms. The number of para-hydroxylation sites is 2. The summed E-state index contributed by atoms with van der Waals surface area (Å²) in [6.07, 6.45) is 0. The number of ether oxygens (including phenoxy) is 1. The van der Waals surface area contributed by atoms with Crippen LogP contribution >= 0.6 is 0 Å². The minimum absolute atomic E-state index is 0.247. The fraction of sp³-hybridized carbons (Fsp3) is 0.0952. The maximum absolute atomic E-state index is 9.75. The molecule has 150 valence electrons. The van der Waals surface area contributed by atoms with E-state index in [4.69, 9.17) is 4.74 Å². The molecule has 3 nitrogen and oxygen atoms in total. The van der Waals surface area contributed by atoms with Crippen LogP contribution in [0, 0.1) is 0 Å². The molecular weight excluding hydrogens is 385 g/mol. The molecule has 0 unspecified atom stereocenters. The number of halogens is 4. The maximum Gasteiger partial charge on any atom is 0.673 e. The number of aromatic hydroxyl groups is 1. The molecule has 0 atom stereocenters. The lowest BCUT2D eigenvalue weighted by Gasteiger charge is -2.08. The van der Waals surface area contributed by atoms with Gasteiger partial charge in [0, 0.05) is 22.9 Å². The van der Waals surface area contributed by atoms with Gasteiger partial charge in [-0.25, -0.2) is 0 Å². The topological polar surface area (TPSA) is 33.3 Å². The van der Waals surface area contributed by atoms with E-state index in [2.05, 4.69) is 59.2 Å². The molecular formula is C21H18BF4NO2. The molecule has 0 aliphatic rings. The van der Waals surface area contributed by atoms with Gasteiger partial charge in [0.05, 0.1) is 0 Å². The van der Waals surface area contributed by atoms with Crippen molar-refractivity contribution < 1.29 is 31.7 Å². The smallest absolute Gasteiger partial charge is 0.508 e. The van der Waals surface area contributed by atoms with Crippen molar-refractivity contribution in [3.8, 4) is 11.5 Å². The first-order valence-electron chi connectivity index (χ1n) is 8.91. The highest BCUT2D eigenvalue weighted by Crippen LogP contribution is 2.19. The van der Waals surface area contributed by atoms with Gasteiger partial charge in [-0.1, -0.05) is 24.3 Å². The van der Waals surface area contributed by atoms with Gasteiger partial charge in [0.1, 0.15) is 18.1 Å². The summed E-state index contributed by atoms with van der Waals surface area (Å²) in [6.45, 7) is 1.32. The molecule has 0 aliphatic carbocycles. The van der Waals surface area contributed by atoms with Crippen LogP contribution in [0.4, 0.5) is 17.3 Å². The van der Waals surface area contributed by atoms with E-state index in [0.29, 0.717) is 6.61 Å². The van der Waals surface area contributed by atoms with Crippen LogP contribution in [-0.2, 0) is 6.54 Å². The summed E-state index contributed by atoms with van der Waals surface area (Å²) < 4.78 is 47.1. The van der Waals surface area contributed by atoms with Crippen molar-refractivity contribution in [2.45, 2.75) is 6.54 Å². The fourth-order valence-corrected chi connectivity index (χ4v) is 3.05. The SMILES string of the molecule is F[B-](F)(F)F.Oc1ccc(OCC[n+]2c3ccccc3cc3ccccc32)cc1. The zero-order valence-corrected chi connectivity index (χ0v) is 15.3. The first kappa shape index (κ1) is 20.4. The van der Waals surface area contributed by atoms with Crippen molar-refractivity contribution in [2.75, 3.05) is 6.61 Å². The van der Waals surface area contributed by atoms with Gasteiger partial charge >= 0.3 is 7.25 Å². The minimum Gasteiger partial charge on any atom is -0.508 e. The molecule has 4 aromatic rings. The van der Waals surface area contributed by atoms with E-state index in [1.54, 1.807) is 24.3 Å². The van der Waals surface area contributed by atoms with Gasteiger partial charge in [-0.2, -0.15) is 4.57 Å². The lowest BCUT2D eigenvalue weighted by molar-refractivity contribution is -0.646. The summed E-state index contributed by atoms with van der Waals surface area (Å²) in [5.41, 5.74) is 2.40. The predicted molar refractivity (Wildman–Crippen MR) is 105 cm³/mol. The summed E-state index contributed by atoms with van der Waals surface area (Å²) in [5.74, 6) is 1.01. The molecule has 4 rings (SSSR count). The van der Waals surface area contributed by atoms with Gasteiger partial charge in [0.15, 0.2) is 6.54 Å². The fourth-order valence-electron chi connectivity index (χ4n) is 3.05. The number of fused-ring (bicyclic) bond motifs is 2. The van der Waals surface area contributed by atoms with Crippen LogP contribution in [-0.4, -0.2) is 19.0 Å². The van der Waals surface area contributed by atoms with Crippen LogP contribution in [0.15, 0.2) is 78.9 Å². The molecule has 1 heterocycles. The minimum atomic E-state index is -6.00. The second-order valence-corrected chi connectivity index (χ2v) is 6.25. The first-order valence-corrected chi connectivity index (χ1v) is 8.91. The zero-order valence-electron chi connectivity index (χ0n) is 15.3. The van der Waals surface area contributed by atoms with E-state index >= 15 is 0 Å². The van der Waals surface area contributed by atoms with E-state index in [9.17, 15) is 22.4 Å². The van der Waals surface area contributed by atoms with Gasteiger partial charge in [0.25, 0.3) is 0 Å². The molecule has 0 bridgehead atoms. The summed E-state index contributed by atoms with van der Waals surface area (Å²) >= 11 is 0. The average Bonchev–Trinajstić information content (AvgIpc) is 2.67. The summed E-state index contributed by atoms with van der Waals surface area (Å²) in [4.78, 5) is 0. The van der Waals surface area contributed by atoms with Gasteiger partial charge in [-0.3, -0.25) is 0 Å². The highest BCUT2D eigenvalue weighted by molar-refractivity contribution is 6.50. The highest BCUT2D eigenvalue weighted by Gasteiger charge is 2.20. The largest absolute Gasteiger partial charge is 0.673 e. The number of phenols is 1. The Morgan fingerprint density at radius 3 is 1.76 bits per heavy atom. The van der Waals surface area contributed by atoms with Crippen molar-refractivity contribution in [1.82, 2.24) is 0 Å². The summed E-state index contributed by atoms with van der Waals surface area (Å²) in [7, 11) is -6.00. The normalized spacial score (nSPS) is 11.2. The summed E-state index contributed by atoms with van der Waals surface area (Å²) in [5, 5.41) is 11.8. The lowest BCUT2D eigenvalue weighted by atomic mass is 10.1. The van der Waals surface area contributed by atoms with E-state index < -0.39 is 7.25 Å². The molecule has 29 heavy (non-hydrogen) atoms. The molecule has 1 aromatic heterocycles. The standard InChI is InChI=1S/C21H17NO2.BF4/c23-18-9-11-19(12-10-18)24-14-13-22-20-7-3-1-5-16(20)15-17-6-2-4-8-21(17)22;2-1(3,4)5/h1-12,15H,13-14H2;/q;-1/p+1. The molecule has 0 radical (unpaired) electrons. The predicted octanol–water partition coefficient (Wildman–Crippen LogP) is 5.37. The van der Waals surface area contributed by atoms with Crippen LogP contribution in [0.2, 0.25) is 0 Å². The quantitative estimate of drug-likeness (QED) is 0.215. The third-order valence-corrected chi connectivity index (χ3v) is 4.19. The van der Waals surface area contributed by atoms with Gasteiger partial charge in [-0.15, -0.1) is 0 Å². The molecule has 0 aliphatic heterocycles.